The van der Waals surface area contributed by atoms with Crippen LogP contribution in [-0.2, 0) is 9.53 Å². The van der Waals surface area contributed by atoms with Crippen LogP contribution >= 0.6 is 27.7 Å². The number of carbonyl (C=O) groups excluding carboxylic acids is 1. The fraction of sp³-hybridized carbons (Fsp3) is 0.462. The lowest BCUT2D eigenvalue weighted by Gasteiger charge is -2.19. The van der Waals surface area contributed by atoms with Crippen LogP contribution < -0.4 is 5.73 Å². The average Bonchev–Trinajstić information content (AvgIpc) is 2.19. The first-order chi connectivity index (χ1) is 8.19. The Morgan fingerprint density at radius 3 is 2.61 bits per heavy atom. The Balaban J connectivity index is 2.64. The highest BCUT2D eigenvalue weighted by Gasteiger charge is 2.16. The van der Waals surface area contributed by atoms with E-state index in [1.54, 1.807) is 0 Å². The fourth-order valence-electron chi connectivity index (χ4n) is 1.29. The number of rotatable bonds is 3. The zero-order chi connectivity index (χ0) is 13.9. The van der Waals surface area contributed by atoms with E-state index in [9.17, 15) is 4.79 Å². The number of halogens is 1. The SMILES string of the molecule is Cc1cc(SCC(=O)OC(C)(C)C)c(Br)cc1N. The van der Waals surface area contributed by atoms with Crippen molar-refractivity contribution in [3.8, 4) is 0 Å². The summed E-state index contributed by atoms with van der Waals surface area (Å²) in [7, 11) is 0. The van der Waals surface area contributed by atoms with Crippen molar-refractivity contribution < 1.29 is 9.53 Å². The van der Waals surface area contributed by atoms with Crippen LogP contribution in [0.1, 0.15) is 26.3 Å². The average molecular weight is 332 g/mol. The Hall–Kier alpha value is -0.680. The molecule has 2 N–H and O–H groups in total. The van der Waals surface area contributed by atoms with Gasteiger partial charge in [0.1, 0.15) is 5.60 Å². The number of hydrogen-bond donors (Lipinski definition) is 1. The van der Waals surface area contributed by atoms with Gasteiger partial charge in [-0.15, -0.1) is 11.8 Å². The van der Waals surface area contributed by atoms with E-state index < -0.39 is 5.60 Å². The zero-order valence-corrected chi connectivity index (χ0v) is 13.4. The van der Waals surface area contributed by atoms with Crippen molar-refractivity contribution in [2.75, 3.05) is 11.5 Å². The molecule has 1 aromatic rings. The third-order valence-electron chi connectivity index (χ3n) is 2.09. The van der Waals surface area contributed by atoms with Crippen LogP contribution in [0.15, 0.2) is 21.5 Å². The molecule has 0 saturated heterocycles. The van der Waals surface area contributed by atoms with E-state index in [0.29, 0.717) is 5.75 Å². The van der Waals surface area contributed by atoms with E-state index in [-0.39, 0.29) is 5.97 Å². The number of hydrogen-bond acceptors (Lipinski definition) is 4. The van der Waals surface area contributed by atoms with Crippen molar-refractivity contribution in [3.63, 3.8) is 0 Å². The summed E-state index contributed by atoms with van der Waals surface area (Å²) in [5, 5.41) is 0. The molecule has 0 heterocycles. The Labute approximate surface area is 121 Å². The summed E-state index contributed by atoms with van der Waals surface area (Å²) in [6.45, 7) is 7.52. The molecule has 0 bridgehead atoms. The molecular weight excluding hydrogens is 314 g/mol. The minimum Gasteiger partial charge on any atom is -0.459 e. The van der Waals surface area contributed by atoms with Crippen molar-refractivity contribution in [2.45, 2.75) is 38.2 Å². The summed E-state index contributed by atoms with van der Waals surface area (Å²) >= 11 is 4.88. The summed E-state index contributed by atoms with van der Waals surface area (Å²) in [4.78, 5) is 12.6. The molecule has 0 spiro atoms. The molecule has 18 heavy (non-hydrogen) atoms. The first kappa shape index (κ1) is 15.4. The number of carbonyl (C=O) groups is 1. The number of nitrogens with two attached hydrogens (primary N) is 1. The van der Waals surface area contributed by atoms with E-state index in [1.165, 1.54) is 11.8 Å². The maximum absolute atomic E-state index is 11.6. The summed E-state index contributed by atoms with van der Waals surface area (Å²) < 4.78 is 6.16. The zero-order valence-electron chi connectivity index (χ0n) is 11.0. The summed E-state index contributed by atoms with van der Waals surface area (Å²) in [5.74, 6) is 0.0769. The monoisotopic (exact) mass is 331 g/mol. The largest absolute Gasteiger partial charge is 0.459 e. The van der Waals surface area contributed by atoms with Gasteiger partial charge in [-0.2, -0.15) is 0 Å². The van der Waals surface area contributed by atoms with E-state index in [4.69, 9.17) is 10.5 Å². The van der Waals surface area contributed by atoms with Gasteiger partial charge < -0.3 is 10.5 Å². The fourth-order valence-corrected chi connectivity index (χ4v) is 2.78. The molecule has 1 rings (SSSR count). The summed E-state index contributed by atoms with van der Waals surface area (Å²) in [6.07, 6.45) is 0. The first-order valence-electron chi connectivity index (χ1n) is 5.59. The van der Waals surface area contributed by atoms with Gasteiger partial charge in [-0.25, -0.2) is 0 Å². The molecule has 0 aliphatic carbocycles. The summed E-state index contributed by atoms with van der Waals surface area (Å²) in [5.41, 5.74) is 7.10. The number of benzene rings is 1. The molecule has 5 heteroatoms. The highest BCUT2D eigenvalue weighted by molar-refractivity contribution is 9.10. The van der Waals surface area contributed by atoms with E-state index in [2.05, 4.69) is 15.9 Å². The number of thioether (sulfide) groups is 1. The first-order valence-corrected chi connectivity index (χ1v) is 7.37. The molecular formula is C13H18BrNO2S. The number of aryl methyl sites for hydroxylation is 1. The van der Waals surface area contributed by atoms with E-state index >= 15 is 0 Å². The molecule has 0 amide bonds. The lowest BCUT2D eigenvalue weighted by Crippen LogP contribution is -2.24. The smallest absolute Gasteiger partial charge is 0.316 e. The van der Waals surface area contributed by atoms with Crippen LogP contribution in [0.5, 0.6) is 0 Å². The number of anilines is 1. The number of esters is 1. The highest BCUT2D eigenvalue weighted by Crippen LogP contribution is 2.31. The van der Waals surface area contributed by atoms with Gasteiger partial charge in [0, 0.05) is 15.1 Å². The Morgan fingerprint density at radius 1 is 1.44 bits per heavy atom. The van der Waals surface area contributed by atoms with E-state index in [0.717, 1.165) is 20.6 Å². The van der Waals surface area contributed by atoms with Crippen LogP contribution in [0.25, 0.3) is 0 Å². The van der Waals surface area contributed by atoms with Crippen LogP contribution in [0, 0.1) is 6.92 Å². The van der Waals surface area contributed by atoms with Gasteiger partial charge in [-0.1, -0.05) is 0 Å². The molecule has 0 aliphatic heterocycles. The molecule has 3 nitrogen and oxygen atoms in total. The quantitative estimate of drug-likeness (QED) is 0.520. The molecule has 0 saturated carbocycles. The minimum absolute atomic E-state index is 0.214. The minimum atomic E-state index is -0.439. The van der Waals surface area contributed by atoms with Crippen molar-refractivity contribution >= 4 is 39.3 Å². The van der Waals surface area contributed by atoms with Crippen molar-refractivity contribution in [3.05, 3.63) is 22.2 Å². The second-order valence-electron chi connectivity index (χ2n) is 5.01. The van der Waals surface area contributed by atoms with Crippen LogP contribution in [0.4, 0.5) is 5.69 Å². The van der Waals surface area contributed by atoms with Gasteiger partial charge >= 0.3 is 5.97 Å². The molecule has 100 valence electrons. The lowest BCUT2D eigenvalue weighted by atomic mass is 10.2. The highest BCUT2D eigenvalue weighted by atomic mass is 79.9. The van der Waals surface area contributed by atoms with Crippen molar-refractivity contribution in [1.29, 1.82) is 0 Å². The van der Waals surface area contributed by atoms with Crippen molar-refractivity contribution in [1.82, 2.24) is 0 Å². The second kappa shape index (κ2) is 5.97. The number of nitrogen functional groups attached to an aromatic ring is 1. The Bertz CT molecular complexity index is 455. The molecule has 0 fully saturated rings. The topological polar surface area (TPSA) is 52.3 Å². The summed E-state index contributed by atoms with van der Waals surface area (Å²) in [6, 6.07) is 3.82. The molecule has 0 atom stereocenters. The van der Waals surface area contributed by atoms with Gasteiger partial charge in [0.05, 0.1) is 5.75 Å². The Morgan fingerprint density at radius 2 is 2.06 bits per heavy atom. The second-order valence-corrected chi connectivity index (χ2v) is 6.89. The van der Waals surface area contributed by atoms with Gasteiger partial charge in [0.15, 0.2) is 0 Å². The van der Waals surface area contributed by atoms with Gasteiger partial charge in [-0.05, 0) is 61.3 Å². The van der Waals surface area contributed by atoms with Crippen molar-refractivity contribution in [2.24, 2.45) is 0 Å². The third kappa shape index (κ3) is 4.90. The standard InChI is InChI=1S/C13H18BrNO2S/c1-8-5-11(9(14)6-10(8)15)18-7-12(16)17-13(2,3)4/h5-6H,7,15H2,1-4H3. The predicted molar refractivity (Wildman–Crippen MR) is 79.9 cm³/mol. The lowest BCUT2D eigenvalue weighted by molar-refractivity contribution is -0.151. The normalized spacial score (nSPS) is 11.4. The predicted octanol–water partition coefficient (Wildman–Crippen LogP) is 3.77. The molecule has 1 aromatic carbocycles. The third-order valence-corrected chi connectivity index (χ3v) is 4.03. The van der Waals surface area contributed by atoms with Gasteiger partial charge in [0.25, 0.3) is 0 Å². The molecule has 0 radical (unpaired) electrons. The molecule has 0 aliphatic rings. The maximum Gasteiger partial charge on any atom is 0.316 e. The molecule has 0 aromatic heterocycles. The van der Waals surface area contributed by atoms with Crippen LogP contribution in [-0.4, -0.2) is 17.3 Å². The molecule has 0 unspecified atom stereocenters. The number of ether oxygens (including phenoxy) is 1. The van der Waals surface area contributed by atoms with Crippen LogP contribution in [0.3, 0.4) is 0 Å². The van der Waals surface area contributed by atoms with Gasteiger partial charge in [-0.3, -0.25) is 4.79 Å². The Kier molecular flexibility index (Phi) is 5.10. The van der Waals surface area contributed by atoms with Crippen LogP contribution in [0.2, 0.25) is 0 Å². The maximum atomic E-state index is 11.6. The van der Waals surface area contributed by atoms with Gasteiger partial charge in [0.2, 0.25) is 0 Å². The van der Waals surface area contributed by atoms with E-state index in [1.807, 2.05) is 39.8 Å².